The Bertz CT molecular complexity index is 277. The molecule has 0 amide bonds. The van der Waals surface area contributed by atoms with Crippen LogP contribution in [0.25, 0.3) is 0 Å². The summed E-state index contributed by atoms with van der Waals surface area (Å²) in [4.78, 5) is 16.3. The highest BCUT2D eigenvalue weighted by atomic mass is 16.8. The third-order valence-corrected chi connectivity index (χ3v) is 2.22. The Labute approximate surface area is 106 Å². The average Bonchev–Trinajstić information content (AvgIpc) is 2.52. The summed E-state index contributed by atoms with van der Waals surface area (Å²) in [6.07, 6.45) is -2.03. The zero-order chi connectivity index (χ0) is 13.8. The van der Waals surface area contributed by atoms with Crippen molar-refractivity contribution in [1.29, 1.82) is 0 Å². The van der Waals surface area contributed by atoms with E-state index in [0.717, 1.165) is 0 Å². The van der Waals surface area contributed by atoms with E-state index in [9.17, 15) is 9.90 Å². The van der Waals surface area contributed by atoms with Gasteiger partial charge in [0.05, 0.1) is 32.4 Å². The molecule has 1 fully saturated rings. The molecule has 7 nitrogen and oxygen atoms in total. The highest BCUT2D eigenvalue weighted by Crippen LogP contribution is 2.16. The Morgan fingerprint density at radius 3 is 2.61 bits per heavy atom. The van der Waals surface area contributed by atoms with E-state index in [1.165, 1.54) is 5.06 Å². The maximum atomic E-state index is 11.4. The lowest BCUT2D eigenvalue weighted by Gasteiger charge is -2.21. The molecule has 106 valence electrons. The molecule has 0 unspecified atom stereocenters. The van der Waals surface area contributed by atoms with Crippen LogP contribution in [-0.2, 0) is 14.3 Å². The molecule has 0 saturated carbocycles. The molecule has 18 heavy (non-hydrogen) atoms. The third kappa shape index (κ3) is 5.18. The van der Waals surface area contributed by atoms with E-state index in [-0.39, 0.29) is 26.3 Å². The van der Waals surface area contributed by atoms with Gasteiger partial charge in [0.25, 0.3) is 0 Å². The predicted octanol–water partition coefficient (Wildman–Crippen LogP) is -0.0929. The molecule has 7 heteroatoms. The van der Waals surface area contributed by atoms with Gasteiger partial charge in [-0.2, -0.15) is 0 Å². The number of hydroxylamine groups is 2. The van der Waals surface area contributed by atoms with E-state index in [1.54, 1.807) is 20.8 Å². The Morgan fingerprint density at radius 1 is 1.39 bits per heavy atom. The number of aliphatic hydroxyl groups excluding tert-OH is 2. The molecule has 0 aromatic heterocycles. The van der Waals surface area contributed by atoms with Gasteiger partial charge < -0.3 is 24.5 Å². The monoisotopic (exact) mass is 263 g/mol. The van der Waals surface area contributed by atoms with Crippen LogP contribution in [0.5, 0.6) is 0 Å². The third-order valence-electron chi connectivity index (χ3n) is 2.22. The molecule has 2 N–H and O–H groups in total. The number of ether oxygens (including phenoxy) is 2. The average molecular weight is 263 g/mol. The van der Waals surface area contributed by atoms with Crippen molar-refractivity contribution < 1.29 is 29.3 Å². The largest absolute Gasteiger partial charge is 0.528 e. The molecule has 0 aromatic carbocycles. The van der Waals surface area contributed by atoms with Crippen molar-refractivity contribution >= 4 is 6.16 Å². The number of aliphatic hydroxyl groups is 2. The smallest absolute Gasteiger partial charge is 0.427 e. The van der Waals surface area contributed by atoms with Gasteiger partial charge in [0.1, 0.15) is 11.7 Å². The minimum absolute atomic E-state index is 0.115. The summed E-state index contributed by atoms with van der Waals surface area (Å²) in [5.41, 5.74) is -0.623. The van der Waals surface area contributed by atoms with Gasteiger partial charge in [0.2, 0.25) is 0 Å². The van der Waals surface area contributed by atoms with Crippen LogP contribution < -0.4 is 0 Å². The van der Waals surface area contributed by atoms with Crippen LogP contribution in [0.2, 0.25) is 0 Å². The fourth-order valence-corrected chi connectivity index (χ4v) is 1.54. The van der Waals surface area contributed by atoms with E-state index in [0.29, 0.717) is 0 Å². The maximum absolute atomic E-state index is 11.4. The number of carbonyl (C=O) groups excluding carboxylic acids is 1. The molecular weight excluding hydrogens is 242 g/mol. The van der Waals surface area contributed by atoms with Crippen molar-refractivity contribution in [2.45, 2.75) is 38.6 Å². The number of nitrogens with zero attached hydrogens (tertiary/aromatic N) is 1. The Morgan fingerprint density at radius 2 is 2.06 bits per heavy atom. The first kappa shape index (κ1) is 15.2. The topological polar surface area (TPSA) is 88.5 Å². The summed E-state index contributed by atoms with van der Waals surface area (Å²) in [7, 11) is 0. The quantitative estimate of drug-likeness (QED) is 0.685. The van der Waals surface area contributed by atoms with Crippen LogP contribution in [0, 0.1) is 0 Å². The molecule has 1 saturated heterocycles. The number of carbonyl (C=O) groups is 1. The van der Waals surface area contributed by atoms with Crippen molar-refractivity contribution in [3.8, 4) is 0 Å². The van der Waals surface area contributed by atoms with E-state index in [1.807, 2.05) is 0 Å². The lowest BCUT2D eigenvalue weighted by molar-refractivity contribution is -0.136. The molecule has 0 bridgehead atoms. The first-order valence-electron chi connectivity index (χ1n) is 5.88. The highest BCUT2D eigenvalue weighted by molar-refractivity contribution is 5.60. The van der Waals surface area contributed by atoms with Crippen LogP contribution in [0.4, 0.5) is 4.79 Å². The molecule has 1 aliphatic heterocycles. The molecule has 0 aromatic rings. The molecular formula is C11H21NO6. The molecule has 0 radical (unpaired) electrons. The Kier molecular flexibility index (Phi) is 5.33. The minimum Gasteiger partial charge on any atom is -0.427 e. The second-order valence-electron chi connectivity index (χ2n) is 5.10. The lowest BCUT2D eigenvalue weighted by Crippen LogP contribution is -2.31. The van der Waals surface area contributed by atoms with E-state index < -0.39 is 24.0 Å². The molecule has 1 rings (SSSR count). The standard InChI is InChI=1S/C11H21NO6/c1-11(2,3)17-10(15)18-12-6-8(14)9(7-12)16-5-4-13/h8-9,13-14H,4-7H2,1-3H3/t8-,9-/m1/s1. The van der Waals surface area contributed by atoms with Gasteiger partial charge in [-0.25, -0.2) is 4.79 Å². The molecule has 0 aliphatic carbocycles. The van der Waals surface area contributed by atoms with Gasteiger partial charge in [-0.3, -0.25) is 0 Å². The number of β-amino-alcohol motifs (C(OH)–C–C–N with tert-alkyl or cyclic N) is 1. The summed E-state index contributed by atoms with van der Waals surface area (Å²) < 4.78 is 10.2. The number of rotatable bonds is 4. The Balaban J connectivity index is 2.35. The van der Waals surface area contributed by atoms with Crippen molar-refractivity contribution in [1.82, 2.24) is 5.06 Å². The van der Waals surface area contributed by atoms with Gasteiger partial charge in [-0.1, -0.05) is 0 Å². The van der Waals surface area contributed by atoms with Gasteiger partial charge >= 0.3 is 6.16 Å². The minimum atomic E-state index is -0.808. The normalized spacial score (nSPS) is 25.2. The first-order valence-corrected chi connectivity index (χ1v) is 5.88. The van der Waals surface area contributed by atoms with Gasteiger partial charge in [-0.15, -0.1) is 5.06 Å². The van der Waals surface area contributed by atoms with Gasteiger partial charge in [-0.05, 0) is 20.8 Å². The summed E-state index contributed by atoms with van der Waals surface area (Å²) >= 11 is 0. The lowest BCUT2D eigenvalue weighted by atomic mass is 10.2. The molecule has 1 aliphatic rings. The van der Waals surface area contributed by atoms with Crippen molar-refractivity contribution in [2.75, 3.05) is 26.3 Å². The van der Waals surface area contributed by atoms with Crippen LogP contribution in [0.3, 0.4) is 0 Å². The summed E-state index contributed by atoms with van der Waals surface area (Å²) in [6.45, 7) is 5.65. The second-order valence-corrected chi connectivity index (χ2v) is 5.10. The fraction of sp³-hybridized carbons (Fsp3) is 0.909. The van der Waals surface area contributed by atoms with Gasteiger partial charge in [0.15, 0.2) is 0 Å². The molecule has 1 heterocycles. The summed E-state index contributed by atoms with van der Waals surface area (Å²) in [6, 6.07) is 0. The SMILES string of the molecule is CC(C)(C)OC(=O)ON1C[C@@H](O)[C@H](OCCO)C1. The molecule has 2 atom stereocenters. The van der Waals surface area contributed by atoms with Crippen molar-refractivity contribution in [2.24, 2.45) is 0 Å². The van der Waals surface area contributed by atoms with Gasteiger partial charge in [0, 0.05) is 0 Å². The summed E-state index contributed by atoms with van der Waals surface area (Å²) in [5.74, 6) is 0. The van der Waals surface area contributed by atoms with Crippen LogP contribution >= 0.6 is 0 Å². The van der Waals surface area contributed by atoms with Crippen LogP contribution in [0.15, 0.2) is 0 Å². The highest BCUT2D eigenvalue weighted by Gasteiger charge is 2.35. The maximum Gasteiger partial charge on any atom is 0.528 e. The van der Waals surface area contributed by atoms with Crippen LogP contribution in [0.1, 0.15) is 20.8 Å². The van der Waals surface area contributed by atoms with Crippen LogP contribution in [-0.4, -0.2) is 65.5 Å². The number of hydrogen-bond donors (Lipinski definition) is 2. The second kappa shape index (κ2) is 6.33. The van der Waals surface area contributed by atoms with E-state index in [4.69, 9.17) is 19.4 Å². The van der Waals surface area contributed by atoms with E-state index in [2.05, 4.69) is 0 Å². The Hall–Kier alpha value is -0.890. The molecule has 0 spiro atoms. The van der Waals surface area contributed by atoms with Crippen molar-refractivity contribution in [3.05, 3.63) is 0 Å². The predicted molar refractivity (Wildman–Crippen MR) is 61.7 cm³/mol. The zero-order valence-corrected chi connectivity index (χ0v) is 11.0. The first-order chi connectivity index (χ1) is 8.31. The van der Waals surface area contributed by atoms with Crippen molar-refractivity contribution in [3.63, 3.8) is 0 Å². The number of hydrogen-bond acceptors (Lipinski definition) is 7. The fourth-order valence-electron chi connectivity index (χ4n) is 1.54. The zero-order valence-electron chi connectivity index (χ0n) is 11.0. The summed E-state index contributed by atoms with van der Waals surface area (Å²) in [5, 5.41) is 19.6. The van der Waals surface area contributed by atoms with E-state index >= 15 is 0 Å².